The minimum atomic E-state index is -4.10. The highest BCUT2D eigenvalue weighted by Crippen LogP contribution is 2.43. The molecule has 0 bridgehead atoms. The number of hydrogen-bond acceptors (Lipinski definition) is 3. The molecule has 1 unspecified atom stereocenters. The van der Waals surface area contributed by atoms with Gasteiger partial charge in [-0.3, -0.25) is 0 Å². The highest BCUT2D eigenvalue weighted by molar-refractivity contribution is 7.11. The van der Waals surface area contributed by atoms with Crippen molar-refractivity contribution < 1.29 is 13.2 Å². The molecule has 0 saturated heterocycles. The van der Waals surface area contributed by atoms with E-state index in [0.717, 1.165) is 30.0 Å². The maximum Gasteiger partial charge on any atom is 0.389 e. The van der Waals surface area contributed by atoms with Crippen LogP contribution in [0.5, 0.6) is 0 Å². The minimum Gasteiger partial charge on any atom is -0.309 e. The van der Waals surface area contributed by atoms with Gasteiger partial charge in [0.15, 0.2) is 0 Å². The van der Waals surface area contributed by atoms with Gasteiger partial charge >= 0.3 is 6.18 Å². The first-order chi connectivity index (χ1) is 9.20. The van der Waals surface area contributed by atoms with Crippen molar-refractivity contribution in [1.82, 2.24) is 10.3 Å². The van der Waals surface area contributed by atoms with E-state index in [9.17, 15) is 13.2 Å². The number of rotatable bonds is 4. The molecule has 2 rings (SSSR count). The van der Waals surface area contributed by atoms with Gasteiger partial charge in [-0.1, -0.05) is 20.8 Å². The molecule has 1 N–H and O–H groups in total. The van der Waals surface area contributed by atoms with Crippen molar-refractivity contribution in [2.45, 2.75) is 58.7 Å². The lowest BCUT2D eigenvalue weighted by Gasteiger charge is -2.34. The molecular formula is C14H21F3N2S. The molecule has 6 heteroatoms. The number of fused-ring (bicyclic) bond motifs is 1. The van der Waals surface area contributed by atoms with Gasteiger partial charge in [0.05, 0.1) is 10.7 Å². The molecule has 0 saturated carbocycles. The standard InChI is InChI=1S/C14H21F3N2S/c1-4-18-9-7-13(2,3)8-10-12(9)20-11(19-10)5-6-14(15,16)17/h9,18H,4-8H2,1-3H3. The molecule has 1 atom stereocenters. The Morgan fingerprint density at radius 2 is 2.10 bits per heavy atom. The summed E-state index contributed by atoms with van der Waals surface area (Å²) < 4.78 is 36.9. The van der Waals surface area contributed by atoms with Gasteiger partial charge in [0, 0.05) is 23.8 Å². The van der Waals surface area contributed by atoms with Crippen molar-refractivity contribution in [1.29, 1.82) is 0 Å². The Balaban J connectivity index is 2.17. The van der Waals surface area contributed by atoms with E-state index < -0.39 is 12.6 Å². The van der Waals surface area contributed by atoms with E-state index in [4.69, 9.17) is 0 Å². The van der Waals surface area contributed by atoms with Gasteiger partial charge in [0.1, 0.15) is 0 Å². The van der Waals surface area contributed by atoms with Crippen LogP contribution in [0.25, 0.3) is 0 Å². The van der Waals surface area contributed by atoms with Crippen molar-refractivity contribution in [2.75, 3.05) is 6.54 Å². The van der Waals surface area contributed by atoms with Crippen LogP contribution in [0.15, 0.2) is 0 Å². The first kappa shape index (κ1) is 15.8. The van der Waals surface area contributed by atoms with Gasteiger partial charge in [0.2, 0.25) is 0 Å². The first-order valence-corrected chi connectivity index (χ1v) is 7.80. The van der Waals surface area contributed by atoms with Crippen LogP contribution in [0, 0.1) is 5.41 Å². The third-order valence-corrected chi connectivity index (χ3v) is 4.84. The average Bonchev–Trinajstić information content (AvgIpc) is 2.67. The lowest BCUT2D eigenvalue weighted by molar-refractivity contribution is -0.134. The van der Waals surface area contributed by atoms with Gasteiger partial charge in [-0.25, -0.2) is 4.98 Å². The van der Waals surface area contributed by atoms with Crippen molar-refractivity contribution in [3.63, 3.8) is 0 Å². The summed E-state index contributed by atoms with van der Waals surface area (Å²) in [5.74, 6) is 0. The van der Waals surface area contributed by atoms with Gasteiger partial charge in [-0.05, 0) is 24.8 Å². The summed E-state index contributed by atoms with van der Waals surface area (Å²) in [6, 6.07) is 0.232. The van der Waals surface area contributed by atoms with Crippen LogP contribution < -0.4 is 5.32 Å². The van der Waals surface area contributed by atoms with E-state index in [1.807, 2.05) is 6.92 Å². The number of alkyl halides is 3. The molecule has 1 aliphatic carbocycles. The van der Waals surface area contributed by atoms with Crippen LogP contribution in [0.1, 0.15) is 55.2 Å². The summed E-state index contributed by atoms with van der Waals surface area (Å²) >= 11 is 1.45. The van der Waals surface area contributed by atoms with Crippen LogP contribution in [-0.4, -0.2) is 17.7 Å². The molecule has 1 heterocycles. The Bertz CT molecular complexity index is 465. The fourth-order valence-electron chi connectivity index (χ4n) is 2.75. The Kier molecular flexibility index (Phi) is 4.44. The Labute approximate surface area is 121 Å². The fraction of sp³-hybridized carbons (Fsp3) is 0.786. The number of nitrogens with one attached hydrogen (secondary N) is 1. The summed E-state index contributed by atoms with van der Waals surface area (Å²) in [7, 11) is 0. The summed E-state index contributed by atoms with van der Waals surface area (Å²) in [5.41, 5.74) is 1.14. The van der Waals surface area contributed by atoms with Crippen LogP contribution in [0.2, 0.25) is 0 Å². The van der Waals surface area contributed by atoms with E-state index in [1.165, 1.54) is 11.3 Å². The molecule has 0 aliphatic heterocycles. The average molecular weight is 306 g/mol. The SMILES string of the molecule is CCNC1CC(C)(C)Cc2nc(CCC(F)(F)F)sc21. The first-order valence-electron chi connectivity index (χ1n) is 6.99. The predicted molar refractivity (Wildman–Crippen MR) is 75.0 cm³/mol. The molecular weight excluding hydrogens is 285 g/mol. The third kappa shape index (κ3) is 3.95. The topological polar surface area (TPSA) is 24.9 Å². The van der Waals surface area contributed by atoms with Crippen LogP contribution in [-0.2, 0) is 12.8 Å². The van der Waals surface area contributed by atoms with E-state index >= 15 is 0 Å². The smallest absolute Gasteiger partial charge is 0.309 e. The van der Waals surface area contributed by atoms with Crippen molar-refractivity contribution in [3.05, 3.63) is 15.6 Å². The molecule has 1 aliphatic rings. The summed E-state index contributed by atoms with van der Waals surface area (Å²) in [6.07, 6.45) is -3.02. The number of nitrogens with zero attached hydrogens (tertiary/aromatic N) is 1. The molecule has 0 aromatic carbocycles. The van der Waals surface area contributed by atoms with Gasteiger partial charge in [-0.15, -0.1) is 11.3 Å². The van der Waals surface area contributed by atoms with E-state index in [0.29, 0.717) is 5.01 Å². The van der Waals surface area contributed by atoms with Gasteiger partial charge in [-0.2, -0.15) is 13.2 Å². The molecule has 114 valence electrons. The zero-order valence-electron chi connectivity index (χ0n) is 12.1. The number of aromatic nitrogens is 1. The molecule has 0 spiro atoms. The number of aryl methyl sites for hydroxylation is 1. The van der Waals surface area contributed by atoms with E-state index in [2.05, 4.69) is 24.1 Å². The fourth-order valence-corrected chi connectivity index (χ4v) is 3.91. The van der Waals surface area contributed by atoms with Crippen LogP contribution >= 0.6 is 11.3 Å². The van der Waals surface area contributed by atoms with Gasteiger partial charge in [0.25, 0.3) is 0 Å². The maximum atomic E-state index is 12.3. The van der Waals surface area contributed by atoms with Gasteiger partial charge < -0.3 is 5.32 Å². The monoisotopic (exact) mass is 306 g/mol. The normalized spacial score (nSPS) is 21.8. The van der Waals surface area contributed by atoms with Crippen molar-refractivity contribution >= 4 is 11.3 Å². The molecule has 2 nitrogen and oxygen atoms in total. The second kappa shape index (κ2) is 5.64. The largest absolute Gasteiger partial charge is 0.389 e. The zero-order chi connectivity index (χ0) is 15.0. The number of hydrogen-bond donors (Lipinski definition) is 1. The predicted octanol–water partition coefficient (Wildman–Crippen LogP) is 4.26. The second-order valence-electron chi connectivity index (χ2n) is 6.19. The minimum absolute atomic E-state index is 0.000437. The zero-order valence-corrected chi connectivity index (χ0v) is 12.9. The molecule has 1 aromatic rings. The number of thiazole rings is 1. The Morgan fingerprint density at radius 1 is 1.40 bits per heavy atom. The lowest BCUT2D eigenvalue weighted by atomic mass is 9.76. The highest BCUT2D eigenvalue weighted by atomic mass is 32.1. The molecule has 0 radical (unpaired) electrons. The number of halogens is 3. The van der Waals surface area contributed by atoms with Crippen LogP contribution in [0.4, 0.5) is 13.2 Å². The van der Waals surface area contributed by atoms with E-state index in [-0.39, 0.29) is 17.9 Å². The maximum absolute atomic E-state index is 12.3. The third-order valence-electron chi connectivity index (χ3n) is 3.56. The van der Waals surface area contributed by atoms with Crippen molar-refractivity contribution in [3.8, 4) is 0 Å². The molecule has 0 amide bonds. The quantitative estimate of drug-likeness (QED) is 0.899. The summed E-state index contributed by atoms with van der Waals surface area (Å²) in [5, 5.41) is 4.05. The Hall–Kier alpha value is -0.620. The van der Waals surface area contributed by atoms with E-state index in [1.54, 1.807) is 0 Å². The van der Waals surface area contributed by atoms with Crippen molar-refractivity contribution in [2.24, 2.45) is 5.41 Å². The molecule has 20 heavy (non-hydrogen) atoms. The summed E-state index contributed by atoms with van der Waals surface area (Å²) in [4.78, 5) is 5.60. The molecule has 0 fully saturated rings. The molecule has 1 aromatic heterocycles. The van der Waals surface area contributed by atoms with Crippen LogP contribution in [0.3, 0.4) is 0 Å². The Morgan fingerprint density at radius 3 is 2.70 bits per heavy atom. The summed E-state index contributed by atoms with van der Waals surface area (Å²) in [6.45, 7) is 7.28. The highest BCUT2D eigenvalue weighted by Gasteiger charge is 2.35. The second-order valence-corrected chi connectivity index (χ2v) is 7.30. The lowest BCUT2D eigenvalue weighted by Crippen LogP contribution is -2.32.